The quantitative estimate of drug-likeness (QED) is 0.678. The van der Waals surface area contributed by atoms with Gasteiger partial charge in [-0.15, -0.1) is 0 Å². The summed E-state index contributed by atoms with van der Waals surface area (Å²) in [6.45, 7) is -0.249. The number of nitrogens with one attached hydrogen (secondary N) is 2. The second kappa shape index (κ2) is 5.58. The van der Waals surface area contributed by atoms with Gasteiger partial charge in [-0.25, -0.2) is 4.39 Å². The molecule has 24 heavy (non-hydrogen) atoms. The molecule has 0 radical (unpaired) electrons. The maximum atomic E-state index is 13.7. The Morgan fingerprint density at radius 2 is 2.17 bits per heavy atom. The number of rotatable bonds is 2. The minimum Gasteiger partial charge on any atom is -0.392 e. The highest BCUT2D eigenvalue weighted by Crippen LogP contribution is 2.39. The van der Waals surface area contributed by atoms with E-state index in [-0.39, 0.29) is 24.8 Å². The number of amides is 1. The average molecular weight is 323 g/mol. The molecule has 1 aliphatic heterocycles. The largest absolute Gasteiger partial charge is 0.392 e. The monoisotopic (exact) mass is 323 g/mol. The van der Waals surface area contributed by atoms with Crippen LogP contribution in [0, 0.1) is 5.82 Å². The smallest absolute Gasteiger partial charge is 0.228 e. The third-order valence-electron chi connectivity index (χ3n) is 4.14. The van der Waals surface area contributed by atoms with Crippen LogP contribution in [0.1, 0.15) is 17.7 Å². The molecule has 3 heterocycles. The van der Waals surface area contributed by atoms with Gasteiger partial charge in [0, 0.05) is 34.4 Å². The Kier molecular flexibility index (Phi) is 3.39. The Balaban J connectivity index is 2.07. The zero-order chi connectivity index (χ0) is 16.7. The lowest BCUT2D eigenvalue weighted by Gasteiger charge is -2.10. The maximum absolute atomic E-state index is 13.7. The highest BCUT2D eigenvalue weighted by Gasteiger charge is 2.25. The third kappa shape index (κ3) is 2.28. The van der Waals surface area contributed by atoms with E-state index in [2.05, 4.69) is 15.3 Å². The van der Waals surface area contributed by atoms with Crippen LogP contribution in [0.25, 0.3) is 16.5 Å². The first-order valence-corrected chi connectivity index (χ1v) is 7.52. The number of benzene rings is 1. The molecule has 1 aromatic carbocycles. The van der Waals surface area contributed by atoms with Crippen LogP contribution in [0.3, 0.4) is 0 Å². The molecular weight excluding hydrogens is 309 g/mol. The average Bonchev–Trinajstić information content (AvgIpc) is 2.85. The Labute approximate surface area is 136 Å². The number of pyridine rings is 1. The lowest BCUT2D eigenvalue weighted by molar-refractivity contribution is -0.115. The van der Waals surface area contributed by atoms with E-state index in [1.165, 1.54) is 12.1 Å². The number of fused-ring (bicyclic) bond motifs is 3. The summed E-state index contributed by atoms with van der Waals surface area (Å²) in [7, 11) is 0. The molecule has 1 amide bonds. The SMILES string of the molecule is O=C1CC(CO)=C(c2cccnc2)c2[nH]c3ccc(F)cc3c2N1. The summed E-state index contributed by atoms with van der Waals surface area (Å²) >= 11 is 0. The number of hydrogen-bond acceptors (Lipinski definition) is 3. The molecule has 6 heteroatoms. The van der Waals surface area contributed by atoms with E-state index in [9.17, 15) is 14.3 Å². The Bertz CT molecular complexity index is 977. The van der Waals surface area contributed by atoms with Crippen LogP contribution < -0.4 is 5.32 Å². The van der Waals surface area contributed by atoms with Gasteiger partial charge in [0.05, 0.1) is 24.4 Å². The highest BCUT2D eigenvalue weighted by atomic mass is 19.1. The number of carbonyl (C=O) groups excluding carboxylic acids is 1. The van der Waals surface area contributed by atoms with Crippen molar-refractivity contribution in [2.75, 3.05) is 11.9 Å². The van der Waals surface area contributed by atoms with Gasteiger partial charge in [-0.3, -0.25) is 9.78 Å². The standard InChI is InChI=1S/C18H14FN3O2/c19-12-3-4-14-13(7-12)17-18(21-14)16(10-2-1-5-20-8-10)11(9-23)6-15(24)22-17/h1-5,7-8,21,23H,6,9H2,(H,22,24). The van der Waals surface area contributed by atoms with Gasteiger partial charge in [-0.05, 0) is 29.8 Å². The maximum Gasteiger partial charge on any atom is 0.228 e. The molecule has 4 rings (SSSR count). The van der Waals surface area contributed by atoms with Crippen LogP contribution in [-0.4, -0.2) is 27.6 Å². The predicted molar refractivity (Wildman–Crippen MR) is 88.8 cm³/mol. The molecule has 1 aliphatic rings. The fraction of sp³-hybridized carbons (Fsp3) is 0.111. The van der Waals surface area contributed by atoms with Crippen LogP contribution in [-0.2, 0) is 4.79 Å². The number of aromatic amines is 1. The van der Waals surface area contributed by atoms with Crippen molar-refractivity contribution in [3.8, 4) is 0 Å². The van der Waals surface area contributed by atoms with Gasteiger partial charge >= 0.3 is 0 Å². The molecule has 0 fully saturated rings. The zero-order valence-electron chi connectivity index (χ0n) is 12.6. The van der Waals surface area contributed by atoms with E-state index in [4.69, 9.17) is 0 Å². The van der Waals surface area contributed by atoms with E-state index < -0.39 is 0 Å². The molecular formula is C18H14FN3O2. The third-order valence-corrected chi connectivity index (χ3v) is 4.14. The summed E-state index contributed by atoms with van der Waals surface area (Å²) < 4.78 is 13.7. The van der Waals surface area contributed by atoms with Crippen molar-refractivity contribution in [1.82, 2.24) is 9.97 Å². The molecule has 0 aliphatic carbocycles. The predicted octanol–water partition coefficient (Wildman–Crippen LogP) is 2.84. The summed E-state index contributed by atoms with van der Waals surface area (Å²) in [5, 5.41) is 13.2. The molecule has 3 N–H and O–H groups in total. The first-order chi connectivity index (χ1) is 11.7. The number of nitrogens with zero attached hydrogens (tertiary/aromatic N) is 1. The van der Waals surface area contributed by atoms with Gasteiger partial charge < -0.3 is 15.4 Å². The molecule has 2 aromatic heterocycles. The molecule has 0 unspecified atom stereocenters. The fourth-order valence-corrected chi connectivity index (χ4v) is 3.12. The Morgan fingerprint density at radius 3 is 2.92 bits per heavy atom. The van der Waals surface area contributed by atoms with E-state index in [1.54, 1.807) is 24.5 Å². The van der Waals surface area contributed by atoms with Crippen molar-refractivity contribution in [2.24, 2.45) is 0 Å². The van der Waals surface area contributed by atoms with Gasteiger partial charge in [-0.2, -0.15) is 0 Å². The molecule has 120 valence electrons. The molecule has 0 saturated carbocycles. The van der Waals surface area contributed by atoms with Crippen molar-refractivity contribution < 1.29 is 14.3 Å². The van der Waals surface area contributed by atoms with Crippen LogP contribution in [0.5, 0.6) is 0 Å². The molecule has 0 spiro atoms. The van der Waals surface area contributed by atoms with Gasteiger partial charge in [0.1, 0.15) is 5.82 Å². The number of hydrogen-bond donors (Lipinski definition) is 3. The molecule has 0 atom stereocenters. The van der Waals surface area contributed by atoms with Crippen LogP contribution in [0.15, 0.2) is 48.3 Å². The molecule has 0 bridgehead atoms. The summed E-state index contributed by atoms with van der Waals surface area (Å²) in [5.41, 5.74) is 3.98. The minimum absolute atomic E-state index is 0.0695. The van der Waals surface area contributed by atoms with Gasteiger partial charge in [0.25, 0.3) is 0 Å². The van der Waals surface area contributed by atoms with Crippen molar-refractivity contribution in [1.29, 1.82) is 0 Å². The van der Waals surface area contributed by atoms with Crippen molar-refractivity contribution >= 4 is 28.1 Å². The van der Waals surface area contributed by atoms with Gasteiger partial charge in [0.2, 0.25) is 5.91 Å². The van der Waals surface area contributed by atoms with Crippen LogP contribution >= 0.6 is 0 Å². The number of aliphatic hydroxyl groups excluding tert-OH is 1. The van der Waals surface area contributed by atoms with Gasteiger partial charge in [-0.1, -0.05) is 6.07 Å². The summed E-state index contributed by atoms with van der Waals surface area (Å²) in [4.78, 5) is 19.6. The van der Waals surface area contributed by atoms with Crippen LogP contribution in [0.4, 0.5) is 10.1 Å². The Hall–Kier alpha value is -2.99. The number of H-pyrrole nitrogens is 1. The van der Waals surface area contributed by atoms with E-state index in [1.807, 2.05) is 6.07 Å². The molecule has 3 aromatic rings. The number of anilines is 1. The normalized spacial score (nSPS) is 14.5. The number of aromatic nitrogens is 2. The fourth-order valence-electron chi connectivity index (χ4n) is 3.12. The number of aliphatic hydroxyl groups is 1. The zero-order valence-corrected chi connectivity index (χ0v) is 12.6. The lowest BCUT2D eigenvalue weighted by atomic mass is 9.97. The van der Waals surface area contributed by atoms with Crippen molar-refractivity contribution in [2.45, 2.75) is 6.42 Å². The summed E-state index contributed by atoms with van der Waals surface area (Å²) in [5.74, 6) is -0.624. The van der Waals surface area contributed by atoms with Crippen LogP contribution in [0.2, 0.25) is 0 Å². The van der Waals surface area contributed by atoms with E-state index in [0.29, 0.717) is 27.9 Å². The topological polar surface area (TPSA) is 78.0 Å². The number of carbonyl (C=O) groups is 1. The van der Waals surface area contributed by atoms with E-state index >= 15 is 0 Å². The minimum atomic E-state index is -0.378. The van der Waals surface area contributed by atoms with Crippen molar-refractivity contribution in [3.05, 3.63) is 65.4 Å². The summed E-state index contributed by atoms with van der Waals surface area (Å²) in [6, 6.07) is 8.03. The van der Waals surface area contributed by atoms with Gasteiger partial charge in [0.15, 0.2) is 0 Å². The molecule has 0 saturated heterocycles. The first kappa shape index (κ1) is 14.6. The van der Waals surface area contributed by atoms with Crippen molar-refractivity contribution in [3.63, 3.8) is 0 Å². The second-order valence-corrected chi connectivity index (χ2v) is 5.67. The van der Waals surface area contributed by atoms with E-state index in [0.717, 1.165) is 11.1 Å². The number of halogens is 1. The second-order valence-electron chi connectivity index (χ2n) is 5.67. The molecule has 5 nitrogen and oxygen atoms in total. The first-order valence-electron chi connectivity index (χ1n) is 7.52. The Morgan fingerprint density at radius 1 is 1.29 bits per heavy atom. The highest BCUT2D eigenvalue weighted by molar-refractivity contribution is 6.10. The summed E-state index contributed by atoms with van der Waals surface area (Å²) in [6.07, 6.45) is 3.40. The lowest BCUT2D eigenvalue weighted by Crippen LogP contribution is -2.11.